The summed E-state index contributed by atoms with van der Waals surface area (Å²) in [5.41, 5.74) is 0.0535. The number of hydrogen-bond acceptors (Lipinski definition) is 3. The van der Waals surface area contributed by atoms with Gasteiger partial charge in [0.15, 0.2) is 5.69 Å². The molecular formula is C20H21F3N2O2. The van der Waals surface area contributed by atoms with Crippen molar-refractivity contribution < 1.29 is 23.1 Å². The zero-order chi connectivity index (χ0) is 19.4. The monoisotopic (exact) mass is 378 g/mol. The fourth-order valence-electron chi connectivity index (χ4n) is 3.47. The highest BCUT2D eigenvalue weighted by Gasteiger charge is 2.30. The van der Waals surface area contributed by atoms with Crippen LogP contribution in [0.3, 0.4) is 0 Å². The first kappa shape index (κ1) is 19.2. The molecule has 27 heavy (non-hydrogen) atoms. The van der Waals surface area contributed by atoms with Crippen LogP contribution in [0.5, 0.6) is 5.75 Å². The number of pyridine rings is 1. The van der Waals surface area contributed by atoms with E-state index in [2.05, 4.69) is 4.98 Å². The molecule has 1 atom stereocenters. The van der Waals surface area contributed by atoms with E-state index in [-0.39, 0.29) is 23.3 Å². The average molecular weight is 378 g/mol. The molecule has 1 N–H and O–H groups in total. The number of rotatable bonds is 4. The summed E-state index contributed by atoms with van der Waals surface area (Å²) in [6.45, 7) is 1.11. The van der Waals surface area contributed by atoms with Crippen molar-refractivity contribution in [3.8, 4) is 5.75 Å². The summed E-state index contributed by atoms with van der Waals surface area (Å²) in [6.07, 6.45) is 0.116. The molecule has 144 valence electrons. The van der Waals surface area contributed by atoms with Crippen molar-refractivity contribution in [2.75, 3.05) is 13.1 Å². The van der Waals surface area contributed by atoms with Crippen LogP contribution in [0.15, 0.2) is 42.6 Å². The molecule has 1 fully saturated rings. The second kappa shape index (κ2) is 7.98. The number of carbonyl (C=O) groups is 1. The molecule has 1 aromatic carbocycles. The zero-order valence-corrected chi connectivity index (χ0v) is 14.7. The van der Waals surface area contributed by atoms with Gasteiger partial charge in [0, 0.05) is 19.3 Å². The fourth-order valence-corrected chi connectivity index (χ4v) is 3.47. The number of benzene rings is 1. The van der Waals surface area contributed by atoms with Gasteiger partial charge in [0.2, 0.25) is 0 Å². The molecule has 0 bridgehead atoms. The summed E-state index contributed by atoms with van der Waals surface area (Å²) >= 11 is 0. The van der Waals surface area contributed by atoms with E-state index in [4.69, 9.17) is 0 Å². The first-order valence-corrected chi connectivity index (χ1v) is 8.94. The van der Waals surface area contributed by atoms with Gasteiger partial charge in [-0.15, -0.1) is 0 Å². The SMILES string of the molecule is O=C(c1ncccc1O)N1CCC[C@@H](CCc2cccc(C(F)(F)F)c2)C1. The lowest BCUT2D eigenvalue weighted by atomic mass is 9.91. The van der Waals surface area contributed by atoms with Gasteiger partial charge in [-0.1, -0.05) is 18.2 Å². The highest BCUT2D eigenvalue weighted by molar-refractivity contribution is 5.94. The molecule has 1 saturated heterocycles. The highest BCUT2D eigenvalue weighted by Crippen LogP contribution is 2.30. The number of hydrogen-bond donors (Lipinski definition) is 1. The summed E-state index contributed by atoms with van der Waals surface area (Å²) in [6, 6.07) is 8.38. The van der Waals surface area contributed by atoms with Gasteiger partial charge in [0.1, 0.15) is 5.75 Å². The van der Waals surface area contributed by atoms with Crippen molar-refractivity contribution in [2.24, 2.45) is 5.92 Å². The van der Waals surface area contributed by atoms with Crippen molar-refractivity contribution in [2.45, 2.75) is 31.9 Å². The first-order chi connectivity index (χ1) is 12.8. The summed E-state index contributed by atoms with van der Waals surface area (Å²) in [7, 11) is 0. The van der Waals surface area contributed by atoms with Crippen LogP contribution in [-0.4, -0.2) is 34.0 Å². The number of amides is 1. The maximum Gasteiger partial charge on any atom is 0.416 e. The van der Waals surface area contributed by atoms with E-state index in [9.17, 15) is 23.1 Å². The van der Waals surface area contributed by atoms with Crippen LogP contribution >= 0.6 is 0 Å². The van der Waals surface area contributed by atoms with E-state index in [1.807, 2.05) is 0 Å². The van der Waals surface area contributed by atoms with E-state index in [1.165, 1.54) is 24.4 Å². The van der Waals surface area contributed by atoms with Crippen LogP contribution in [-0.2, 0) is 12.6 Å². The lowest BCUT2D eigenvalue weighted by molar-refractivity contribution is -0.137. The number of nitrogens with zero attached hydrogens (tertiary/aromatic N) is 2. The van der Waals surface area contributed by atoms with Gasteiger partial charge in [0.05, 0.1) is 5.56 Å². The minimum Gasteiger partial charge on any atom is -0.505 e. The number of halogens is 3. The predicted molar refractivity (Wildman–Crippen MR) is 94.3 cm³/mol. The largest absolute Gasteiger partial charge is 0.505 e. The van der Waals surface area contributed by atoms with E-state index in [1.54, 1.807) is 17.0 Å². The number of carbonyl (C=O) groups excluding carboxylic acids is 1. The Morgan fingerprint density at radius 2 is 2.07 bits per heavy atom. The van der Waals surface area contributed by atoms with E-state index < -0.39 is 11.7 Å². The van der Waals surface area contributed by atoms with E-state index in [0.29, 0.717) is 31.5 Å². The van der Waals surface area contributed by atoms with Crippen LogP contribution in [0.25, 0.3) is 0 Å². The topological polar surface area (TPSA) is 53.4 Å². The van der Waals surface area contributed by atoms with E-state index in [0.717, 1.165) is 18.9 Å². The molecule has 2 heterocycles. The number of aryl methyl sites for hydroxylation is 1. The van der Waals surface area contributed by atoms with Crippen LogP contribution in [0.4, 0.5) is 13.2 Å². The van der Waals surface area contributed by atoms with Gasteiger partial charge in [-0.3, -0.25) is 4.79 Å². The standard InChI is InChI=1S/C20H21F3N2O2/c21-20(22,23)16-6-1-4-14(12-16)8-9-15-5-3-11-25(13-15)19(27)18-17(26)7-2-10-24-18/h1-2,4,6-7,10,12,15,26H,3,5,8-9,11,13H2/t15-/m0/s1. The second-order valence-electron chi connectivity index (χ2n) is 6.87. The molecule has 0 radical (unpaired) electrons. The van der Waals surface area contributed by atoms with Gasteiger partial charge in [-0.05, 0) is 55.4 Å². The maximum absolute atomic E-state index is 12.8. The third-order valence-electron chi connectivity index (χ3n) is 4.89. The molecule has 0 aliphatic carbocycles. The normalized spacial score (nSPS) is 17.7. The van der Waals surface area contributed by atoms with Crippen molar-refractivity contribution >= 4 is 5.91 Å². The first-order valence-electron chi connectivity index (χ1n) is 8.94. The number of likely N-dealkylation sites (tertiary alicyclic amines) is 1. The van der Waals surface area contributed by atoms with Gasteiger partial charge in [0.25, 0.3) is 5.91 Å². The van der Waals surface area contributed by atoms with Crippen molar-refractivity contribution in [1.29, 1.82) is 0 Å². The van der Waals surface area contributed by atoms with Crippen molar-refractivity contribution in [1.82, 2.24) is 9.88 Å². The predicted octanol–water partition coefficient (Wildman–Crippen LogP) is 4.29. The summed E-state index contributed by atoms with van der Waals surface area (Å²) in [5, 5.41) is 9.82. The number of aromatic hydroxyl groups is 1. The Bertz CT molecular complexity index is 808. The van der Waals surface area contributed by atoms with Gasteiger partial charge < -0.3 is 10.0 Å². The van der Waals surface area contributed by atoms with Gasteiger partial charge in [-0.2, -0.15) is 13.2 Å². The number of aromatic nitrogens is 1. The van der Waals surface area contributed by atoms with Crippen LogP contribution in [0.1, 0.15) is 40.9 Å². The molecule has 3 rings (SSSR count). The van der Waals surface area contributed by atoms with Crippen LogP contribution in [0, 0.1) is 5.92 Å². The second-order valence-corrected chi connectivity index (χ2v) is 6.87. The summed E-state index contributed by atoms with van der Waals surface area (Å²) in [4.78, 5) is 18.2. The van der Waals surface area contributed by atoms with Gasteiger partial charge >= 0.3 is 6.18 Å². The third kappa shape index (κ3) is 4.78. The third-order valence-corrected chi connectivity index (χ3v) is 4.89. The van der Waals surface area contributed by atoms with Crippen molar-refractivity contribution in [3.05, 3.63) is 59.4 Å². The Morgan fingerprint density at radius 1 is 1.26 bits per heavy atom. The molecule has 0 spiro atoms. The molecule has 1 aliphatic heterocycles. The van der Waals surface area contributed by atoms with Crippen LogP contribution in [0.2, 0.25) is 0 Å². The Balaban J connectivity index is 1.61. The Kier molecular flexibility index (Phi) is 5.68. The number of piperidine rings is 1. The molecule has 4 nitrogen and oxygen atoms in total. The highest BCUT2D eigenvalue weighted by atomic mass is 19.4. The Labute approximate surface area is 155 Å². The number of alkyl halides is 3. The molecular weight excluding hydrogens is 357 g/mol. The fraction of sp³-hybridized carbons (Fsp3) is 0.400. The Hall–Kier alpha value is -2.57. The van der Waals surface area contributed by atoms with Gasteiger partial charge in [-0.25, -0.2) is 4.98 Å². The average Bonchev–Trinajstić information content (AvgIpc) is 2.66. The van der Waals surface area contributed by atoms with Crippen molar-refractivity contribution in [3.63, 3.8) is 0 Å². The lowest BCUT2D eigenvalue weighted by Crippen LogP contribution is -2.40. The molecule has 1 aromatic heterocycles. The minimum atomic E-state index is -4.34. The lowest BCUT2D eigenvalue weighted by Gasteiger charge is -2.32. The summed E-state index contributed by atoms with van der Waals surface area (Å²) < 4.78 is 38.5. The van der Waals surface area contributed by atoms with E-state index >= 15 is 0 Å². The zero-order valence-electron chi connectivity index (χ0n) is 14.7. The molecule has 2 aromatic rings. The molecule has 0 unspecified atom stereocenters. The smallest absolute Gasteiger partial charge is 0.416 e. The molecule has 0 saturated carbocycles. The molecule has 1 amide bonds. The Morgan fingerprint density at radius 3 is 2.81 bits per heavy atom. The quantitative estimate of drug-likeness (QED) is 0.864. The maximum atomic E-state index is 12.8. The van der Waals surface area contributed by atoms with Crippen LogP contribution < -0.4 is 0 Å². The molecule has 7 heteroatoms. The minimum absolute atomic E-state index is 0.0380. The molecule has 1 aliphatic rings. The summed E-state index contributed by atoms with van der Waals surface area (Å²) in [5.74, 6) is -0.242.